The van der Waals surface area contributed by atoms with E-state index in [0.29, 0.717) is 18.0 Å². The molecule has 4 atom stereocenters. The second-order valence-electron chi connectivity index (χ2n) is 8.39. The van der Waals surface area contributed by atoms with Gasteiger partial charge in [0.15, 0.2) is 5.96 Å². The summed E-state index contributed by atoms with van der Waals surface area (Å²) in [5, 5.41) is 3.70. The molecule has 6 nitrogen and oxygen atoms in total. The summed E-state index contributed by atoms with van der Waals surface area (Å²) in [6.45, 7) is 11.1. The Morgan fingerprint density at radius 3 is 2.62 bits per heavy atom. The summed E-state index contributed by atoms with van der Waals surface area (Å²) in [6.07, 6.45) is 8.03. The van der Waals surface area contributed by atoms with E-state index in [-0.39, 0.29) is 35.0 Å². The zero-order valence-corrected chi connectivity index (χ0v) is 19.2. The molecule has 2 fully saturated rings. The first-order valence-electron chi connectivity index (χ1n) is 9.33. The zero-order valence-electron chi connectivity index (χ0n) is 16.9. The monoisotopic (exact) mass is 475 g/mol. The molecule has 0 spiro atoms. The lowest BCUT2D eigenvalue weighted by molar-refractivity contribution is -0.177. The Bertz CT molecular complexity index is 617. The van der Waals surface area contributed by atoms with Gasteiger partial charge in [-0.25, -0.2) is 4.98 Å². The number of nitrogens with one attached hydrogen (secondary N) is 1. The van der Waals surface area contributed by atoms with Crippen LogP contribution in [0, 0.1) is 11.3 Å². The fourth-order valence-electron chi connectivity index (χ4n) is 4.27. The maximum absolute atomic E-state index is 5.76. The first kappa shape index (κ1) is 21.5. The van der Waals surface area contributed by atoms with Crippen LogP contribution >= 0.6 is 24.0 Å². The molecule has 0 radical (unpaired) electrons. The van der Waals surface area contributed by atoms with E-state index in [1.807, 2.05) is 26.7 Å². The molecule has 3 rings (SSSR count). The number of piperidine rings is 1. The van der Waals surface area contributed by atoms with Gasteiger partial charge in [0, 0.05) is 51.1 Å². The molecule has 0 aromatic carbocycles. The van der Waals surface area contributed by atoms with Crippen molar-refractivity contribution in [2.24, 2.45) is 16.3 Å². The fraction of sp³-hybridized carbons (Fsp3) is 0.789. The van der Waals surface area contributed by atoms with Crippen LogP contribution in [0.15, 0.2) is 23.7 Å². The van der Waals surface area contributed by atoms with Crippen molar-refractivity contribution in [1.29, 1.82) is 0 Å². The van der Waals surface area contributed by atoms with Crippen LogP contribution in [0.25, 0.3) is 0 Å². The number of guanidine groups is 1. The second kappa shape index (κ2) is 8.04. The highest BCUT2D eigenvalue weighted by molar-refractivity contribution is 14.0. The van der Waals surface area contributed by atoms with Crippen molar-refractivity contribution >= 4 is 29.9 Å². The molecule has 1 saturated carbocycles. The van der Waals surface area contributed by atoms with E-state index in [4.69, 9.17) is 4.74 Å². The molecule has 26 heavy (non-hydrogen) atoms. The van der Waals surface area contributed by atoms with Crippen molar-refractivity contribution in [3.63, 3.8) is 0 Å². The van der Waals surface area contributed by atoms with E-state index in [9.17, 15) is 0 Å². The van der Waals surface area contributed by atoms with Gasteiger partial charge in [-0.05, 0) is 25.7 Å². The highest BCUT2D eigenvalue weighted by atomic mass is 127. The van der Waals surface area contributed by atoms with Gasteiger partial charge in [-0.15, -0.1) is 24.0 Å². The summed E-state index contributed by atoms with van der Waals surface area (Å²) in [5.74, 6) is 1.65. The van der Waals surface area contributed by atoms with Crippen molar-refractivity contribution in [3.05, 3.63) is 18.7 Å². The Labute approximate surface area is 174 Å². The van der Waals surface area contributed by atoms with Crippen molar-refractivity contribution in [1.82, 2.24) is 19.8 Å². The van der Waals surface area contributed by atoms with Crippen molar-refractivity contribution in [2.75, 3.05) is 27.2 Å². The van der Waals surface area contributed by atoms with E-state index in [1.165, 1.54) is 0 Å². The molecule has 0 amide bonds. The van der Waals surface area contributed by atoms with Gasteiger partial charge < -0.3 is 19.5 Å². The molecule has 2 aliphatic rings. The number of rotatable bonds is 3. The standard InChI is InChI=1S/C19H33N5O.HI/c1-14-7-9-23(12-15(14)24-10-8-21-13-24)17(20-5)22-16-11-19(4,25-6)18(16,2)3;/h8,10,13-16H,7,9,11-12H2,1-6H3,(H,20,22);1H. The molecule has 1 N–H and O–H groups in total. The maximum Gasteiger partial charge on any atom is 0.193 e. The number of nitrogens with zero attached hydrogens (tertiary/aromatic N) is 4. The van der Waals surface area contributed by atoms with Crippen molar-refractivity contribution in [3.8, 4) is 0 Å². The number of aromatic nitrogens is 2. The maximum atomic E-state index is 5.76. The Morgan fingerprint density at radius 1 is 1.35 bits per heavy atom. The SMILES string of the molecule is CN=C(NC1CC(C)(OC)C1(C)C)N1CCC(C)C(n2ccnc2)C1.I. The molecule has 7 heteroatoms. The van der Waals surface area contributed by atoms with Crippen molar-refractivity contribution in [2.45, 2.75) is 58.2 Å². The number of likely N-dealkylation sites (tertiary alicyclic amines) is 1. The van der Waals surface area contributed by atoms with E-state index in [1.54, 1.807) is 0 Å². The Kier molecular flexibility index (Phi) is 6.64. The van der Waals surface area contributed by atoms with Crippen LogP contribution in [-0.4, -0.2) is 59.3 Å². The predicted octanol–water partition coefficient (Wildman–Crippen LogP) is 3.16. The molecule has 1 saturated heterocycles. The third-order valence-electron chi connectivity index (χ3n) is 6.92. The number of ether oxygens (including phenoxy) is 1. The van der Waals surface area contributed by atoms with Crippen LogP contribution in [0.4, 0.5) is 0 Å². The molecule has 0 bridgehead atoms. The Hall–Kier alpha value is -0.830. The molecular formula is C19H34IN5O. The number of aliphatic imine (C=N–C) groups is 1. The van der Waals surface area contributed by atoms with Gasteiger partial charge in [-0.2, -0.15) is 0 Å². The third kappa shape index (κ3) is 3.61. The van der Waals surface area contributed by atoms with Gasteiger partial charge >= 0.3 is 0 Å². The molecule has 1 aromatic rings. The van der Waals surface area contributed by atoms with Gasteiger partial charge in [0.05, 0.1) is 18.0 Å². The topological polar surface area (TPSA) is 54.7 Å². The van der Waals surface area contributed by atoms with Crippen LogP contribution in [-0.2, 0) is 4.74 Å². The lowest BCUT2D eigenvalue weighted by Gasteiger charge is -2.59. The number of hydrogen-bond donors (Lipinski definition) is 1. The molecule has 1 aromatic heterocycles. The summed E-state index contributed by atoms with van der Waals surface area (Å²) < 4.78 is 7.99. The Morgan fingerprint density at radius 2 is 2.08 bits per heavy atom. The minimum atomic E-state index is -0.0702. The molecule has 1 aliphatic carbocycles. The largest absolute Gasteiger partial charge is 0.378 e. The van der Waals surface area contributed by atoms with Crippen molar-refractivity contribution < 1.29 is 4.74 Å². The average Bonchev–Trinajstić information content (AvgIpc) is 3.13. The zero-order chi connectivity index (χ0) is 18.2. The summed E-state index contributed by atoms with van der Waals surface area (Å²) >= 11 is 0. The van der Waals surface area contributed by atoms with Gasteiger partial charge in [0.2, 0.25) is 0 Å². The average molecular weight is 475 g/mol. The lowest BCUT2D eigenvalue weighted by Crippen LogP contribution is -2.70. The van der Waals surface area contributed by atoms with Gasteiger partial charge in [0.1, 0.15) is 0 Å². The first-order chi connectivity index (χ1) is 11.8. The lowest BCUT2D eigenvalue weighted by atomic mass is 9.56. The smallest absolute Gasteiger partial charge is 0.193 e. The van der Waals surface area contributed by atoms with Crippen LogP contribution in [0.5, 0.6) is 0 Å². The van der Waals surface area contributed by atoms with Gasteiger partial charge in [0.25, 0.3) is 0 Å². The van der Waals surface area contributed by atoms with E-state index in [2.05, 4.69) is 58.7 Å². The molecule has 2 heterocycles. The third-order valence-corrected chi connectivity index (χ3v) is 6.92. The van der Waals surface area contributed by atoms with Crippen LogP contribution < -0.4 is 5.32 Å². The normalized spacial score (nSPS) is 34.0. The summed E-state index contributed by atoms with van der Waals surface area (Å²) in [4.78, 5) is 11.2. The van der Waals surface area contributed by atoms with E-state index >= 15 is 0 Å². The highest BCUT2D eigenvalue weighted by Crippen LogP contribution is 2.51. The molecule has 1 aliphatic heterocycles. The number of halogens is 1. The number of imidazole rings is 1. The molecular weight excluding hydrogens is 441 g/mol. The highest BCUT2D eigenvalue weighted by Gasteiger charge is 2.58. The van der Waals surface area contributed by atoms with E-state index in [0.717, 1.165) is 31.9 Å². The Balaban J connectivity index is 0.00000243. The predicted molar refractivity (Wildman–Crippen MR) is 116 cm³/mol. The summed E-state index contributed by atoms with van der Waals surface area (Å²) in [6, 6.07) is 0.815. The molecule has 4 unspecified atom stereocenters. The van der Waals surface area contributed by atoms with Gasteiger partial charge in [-0.3, -0.25) is 4.99 Å². The summed E-state index contributed by atoms with van der Waals surface area (Å²) in [5.41, 5.74) is 0.00376. The van der Waals surface area contributed by atoms with E-state index < -0.39 is 0 Å². The molecule has 148 valence electrons. The summed E-state index contributed by atoms with van der Waals surface area (Å²) in [7, 11) is 3.70. The number of methoxy groups -OCH3 is 1. The number of hydrogen-bond acceptors (Lipinski definition) is 3. The van der Waals surface area contributed by atoms with Crippen LogP contribution in [0.2, 0.25) is 0 Å². The minimum absolute atomic E-state index is 0. The van der Waals surface area contributed by atoms with Crippen LogP contribution in [0.1, 0.15) is 46.6 Å². The minimum Gasteiger partial charge on any atom is -0.378 e. The quantitative estimate of drug-likeness (QED) is 0.415. The first-order valence-corrected chi connectivity index (χ1v) is 9.33. The fourth-order valence-corrected chi connectivity index (χ4v) is 4.27. The van der Waals surface area contributed by atoms with Crippen LogP contribution in [0.3, 0.4) is 0 Å². The van der Waals surface area contributed by atoms with Gasteiger partial charge in [-0.1, -0.05) is 20.8 Å². The second-order valence-corrected chi connectivity index (χ2v) is 8.39.